The van der Waals surface area contributed by atoms with E-state index in [1.165, 1.54) is 0 Å². The number of halogens is 1. The number of anilines is 2. The van der Waals surface area contributed by atoms with E-state index in [4.69, 9.17) is 9.72 Å². The highest BCUT2D eigenvalue weighted by atomic mass is 19.1. The molecule has 0 unspecified atom stereocenters. The van der Waals surface area contributed by atoms with Gasteiger partial charge in [0.2, 0.25) is 0 Å². The number of nitrogens with zero attached hydrogens (tertiary/aromatic N) is 5. The van der Waals surface area contributed by atoms with E-state index in [0.29, 0.717) is 41.3 Å². The minimum absolute atomic E-state index is 0.189. The number of H-pyrrole nitrogens is 1. The van der Waals surface area contributed by atoms with Crippen LogP contribution in [-0.2, 0) is 6.42 Å². The third-order valence-electron chi connectivity index (χ3n) is 7.07. The van der Waals surface area contributed by atoms with Crippen LogP contribution < -0.4 is 20.3 Å². The first-order chi connectivity index (χ1) is 15.6. The Bertz CT molecular complexity index is 1400. The number of hydrogen-bond acceptors (Lipinski definition) is 8. The van der Waals surface area contributed by atoms with Crippen molar-refractivity contribution in [3.63, 3.8) is 0 Å². The number of rotatable bonds is 3. The van der Waals surface area contributed by atoms with Crippen LogP contribution in [-0.4, -0.2) is 57.1 Å². The molecule has 2 fully saturated rings. The molecule has 0 aliphatic carbocycles. The number of aromatic amines is 1. The molecule has 10 heteroatoms. The normalized spacial score (nSPS) is 23.2. The van der Waals surface area contributed by atoms with Crippen molar-refractivity contribution in [1.29, 1.82) is 0 Å². The molecule has 3 N–H and O–H groups in total. The molecule has 1 aromatic carbocycles. The van der Waals surface area contributed by atoms with Gasteiger partial charge in [-0.15, -0.1) is 0 Å². The summed E-state index contributed by atoms with van der Waals surface area (Å²) in [6.45, 7) is 3.65. The monoisotopic (exact) mass is 432 g/mol. The lowest BCUT2D eigenvalue weighted by Crippen LogP contribution is -2.64. The average molecular weight is 432 g/mol. The van der Waals surface area contributed by atoms with Crippen molar-refractivity contribution in [1.82, 2.24) is 30.2 Å². The summed E-state index contributed by atoms with van der Waals surface area (Å²) < 4.78 is 21.2. The molecular weight excluding hydrogens is 411 g/mol. The summed E-state index contributed by atoms with van der Waals surface area (Å²) in [5.41, 5.74) is 2.90. The second-order valence-electron chi connectivity index (χ2n) is 8.70. The molecule has 2 saturated heterocycles. The van der Waals surface area contributed by atoms with Crippen molar-refractivity contribution in [2.24, 2.45) is 5.92 Å². The smallest absolute Gasteiger partial charge is 0.326 e. The lowest BCUT2D eigenvalue weighted by atomic mass is 9.79. The molecule has 3 atom stereocenters. The number of hydrogen-bond donors (Lipinski definition) is 3. The molecule has 162 valence electrons. The van der Waals surface area contributed by atoms with Crippen LogP contribution in [0.3, 0.4) is 0 Å². The van der Waals surface area contributed by atoms with Crippen molar-refractivity contribution < 1.29 is 9.13 Å². The van der Waals surface area contributed by atoms with E-state index in [9.17, 15) is 0 Å². The van der Waals surface area contributed by atoms with Gasteiger partial charge in [0.25, 0.3) is 0 Å². The fourth-order valence-corrected chi connectivity index (χ4v) is 5.64. The third-order valence-corrected chi connectivity index (χ3v) is 7.07. The van der Waals surface area contributed by atoms with Crippen LogP contribution in [0.15, 0.2) is 18.5 Å². The van der Waals surface area contributed by atoms with Crippen LogP contribution in [0, 0.1) is 18.7 Å². The predicted molar refractivity (Wildman–Crippen MR) is 118 cm³/mol. The van der Waals surface area contributed by atoms with E-state index in [1.807, 2.05) is 6.92 Å². The van der Waals surface area contributed by atoms with E-state index in [-0.39, 0.29) is 17.9 Å². The van der Waals surface area contributed by atoms with E-state index >= 15 is 4.39 Å². The van der Waals surface area contributed by atoms with Crippen molar-refractivity contribution in [3.05, 3.63) is 35.7 Å². The molecule has 3 aromatic heterocycles. The summed E-state index contributed by atoms with van der Waals surface area (Å²) in [6, 6.07) is 2.31. The zero-order valence-electron chi connectivity index (χ0n) is 17.6. The van der Waals surface area contributed by atoms with Crippen LogP contribution in [0.4, 0.5) is 15.9 Å². The second-order valence-corrected chi connectivity index (χ2v) is 8.70. The quantitative estimate of drug-likeness (QED) is 0.454. The van der Waals surface area contributed by atoms with Gasteiger partial charge in [0, 0.05) is 49.1 Å². The topological polar surface area (TPSA) is 104 Å². The fraction of sp³-hybridized carbons (Fsp3) is 0.364. The number of aryl methyl sites for hydroxylation is 1. The predicted octanol–water partition coefficient (Wildman–Crippen LogP) is 2.52. The van der Waals surface area contributed by atoms with Crippen molar-refractivity contribution in [3.8, 4) is 11.8 Å². The SMILES string of the molecule is CNc1cc(F)c2c3c1[nH]c1nc(Oc4cnc(C)nc4)nc(c13)N1[C@H]3CNC[C@H]3[C@@H]1C2. The summed E-state index contributed by atoms with van der Waals surface area (Å²) in [7, 11) is 1.79. The summed E-state index contributed by atoms with van der Waals surface area (Å²) in [6.07, 6.45) is 3.85. The largest absolute Gasteiger partial charge is 0.421 e. The Morgan fingerprint density at radius 1 is 1.16 bits per heavy atom. The van der Waals surface area contributed by atoms with Crippen LogP contribution in [0.5, 0.6) is 11.8 Å². The summed E-state index contributed by atoms with van der Waals surface area (Å²) in [4.78, 5) is 23.6. The van der Waals surface area contributed by atoms with Gasteiger partial charge in [0.15, 0.2) is 5.75 Å². The van der Waals surface area contributed by atoms with Gasteiger partial charge in [-0.1, -0.05) is 0 Å². The molecule has 9 nitrogen and oxygen atoms in total. The van der Waals surface area contributed by atoms with Gasteiger partial charge < -0.3 is 25.3 Å². The molecule has 4 aromatic rings. The van der Waals surface area contributed by atoms with Gasteiger partial charge in [-0.05, 0) is 19.4 Å². The van der Waals surface area contributed by atoms with E-state index in [2.05, 4.69) is 35.5 Å². The van der Waals surface area contributed by atoms with Gasteiger partial charge in [0.05, 0.1) is 29.0 Å². The molecule has 3 aliphatic heterocycles. The molecule has 0 amide bonds. The van der Waals surface area contributed by atoms with Crippen LogP contribution in [0.25, 0.3) is 21.9 Å². The standard InChI is InChI=1S/C22H21FN8O/c1-9-26-5-10(6-27-9)32-22-29-20-18-17-11(13(23)4-14(24-2)19(17)28-20)3-15-12-7-25-8-16(12)31(15)21(18)30-22/h4-6,12,15-16,24-25H,3,7-8H2,1-2H3,(H,28,29,30)/t12-,15-,16-/m0/s1. The second kappa shape index (κ2) is 6.26. The lowest BCUT2D eigenvalue weighted by molar-refractivity contribution is 0.253. The highest BCUT2D eigenvalue weighted by molar-refractivity contribution is 6.17. The Labute approximate surface area is 182 Å². The van der Waals surface area contributed by atoms with E-state index in [1.54, 1.807) is 25.5 Å². The van der Waals surface area contributed by atoms with Crippen molar-refractivity contribution in [2.45, 2.75) is 25.4 Å². The first-order valence-corrected chi connectivity index (χ1v) is 10.8. The van der Waals surface area contributed by atoms with Gasteiger partial charge in [-0.25, -0.2) is 14.4 Å². The van der Waals surface area contributed by atoms with Crippen LogP contribution in [0.2, 0.25) is 0 Å². The number of aromatic nitrogens is 5. The molecule has 6 heterocycles. The molecule has 0 spiro atoms. The van der Waals surface area contributed by atoms with Crippen LogP contribution in [0.1, 0.15) is 11.4 Å². The maximum atomic E-state index is 15.3. The molecule has 0 bridgehead atoms. The molecule has 32 heavy (non-hydrogen) atoms. The van der Waals surface area contributed by atoms with Crippen molar-refractivity contribution in [2.75, 3.05) is 30.4 Å². The first kappa shape index (κ1) is 18.1. The Kier molecular flexibility index (Phi) is 3.53. The van der Waals surface area contributed by atoms with Gasteiger partial charge in [-0.3, -0.25) is 0 Å². The zero-order chi connectivity index (χ0) is 21.6. The molecular formula is C22H21FN8O. The Hall–Kier alpha value is -3.53. The highest BCUT2D eigenvalue weighted by Crippen LogP contribution is 2.49. The number of ether oxygens (including phenoxy) is 1. The Morgan fingerprint density at radius 3 is 2.81 bits per heavy atom. The average Bonchev–Trinajstić information content (AvgIpc) is 3.33. The molecule has 0 saturated carbocycles. The summed E-state index contributed by atoms with van der Waals surface area (Å²) in [5.74, 6) is 2.21. The lowest BCUT2D eigenvalue weighted by Gasteiger charge is -2.52. The van der Waals surface area contributed by atoms with Gasteiger partial charge in [0.1, 0.15) is 23.1 Å². The number of nitrogens with one attached hydrogen (secondary N) is 3. The van der Waals surface area contributed by atoms with Gasteiger partial charge >= 0.3 is 6.01 Å². The van der Waals surface area contributed by atoms with E-state index < -0.39 is 0 Å². The van der Waals surface area contributed by atoms with Crippen molar-refractivity contribution >= 4 is 33.4 Å². The fourth-order valence-electron chi connectivity index (χ4n) is 5.64. The zero-order valence-corrected chi connectivity index (χ0v) is 17.6. The Balaban J connectivity index is 1.49. The first-order valence-electron chi connectivity index (χ1n) is 10.8. The maximum Gasteiger partial charge on any atom is 0.326 e. The summed E-state index contributed by atoms with van der Waals surface area (Å²) >= 11 is 0. The Morgan fingerprint density at radius 2 is 2.00 bits per heavy atom. The van der Waals surface area contributed by atoms with Gasteiger partial charge in [-0.2, -0.15) is 9.97 Å². The third kappa shape index (κ3) is 2.30. The summed E-state index contributed by atoms with van der Waals surface area (Å²) in [5, 5.41) is 8.31. The highest BCUT2D eigenvalue weighted by Gasteiger charge is 2.53. The maximum absolute atomic E-state index is 15.3. The molecule has 7 rings (SSSR count). The van der Waals surface area contributed by atoms with E-state index in [0.717, 1.165) is 40.8 Å². The minimum Gasteiger partial charge on any atom is -0.421 e. The number of fused-ring (bicyclic) bond motifs is 5. The van der Waals surface area contributed by atoms with Crippen LogP contribution >= 0.6 is 0 Å². The molecule has 0 radical (unpaired) electrons. The number of benzene rings is 1. The minimum atomic E-state index is -0.193. The molecule has 3 aliphatic rings.